The number of hydrogen-bond acceptors (Lipinski definition) is 5. The molecule has 0 spiro atoms. The maximum absolute atomic E-state index is 12.5. The van der Waals surface area contributed by atoms with Crippen molar-refractivity contribution >= 4 is 40.9 Å². The quantitative estimate of drug-likeness (QED) is 0.719. The minimum Gasteiger partial charge on any atom is -0.480 e. The summed E-state index contributed by atoms with van der Waals surface area (Å²) in [5.41, 5.74) is 0.975. The van der Waals surface area contributed by atoms with Crippen molar-refractivity contribution in [2.75, 3.05) is 13.1 Å². The van der Waals surface area contributed by atoms with E-state index in [4.69, 9.17) is 0 Å². The number of hydrogen-bond donors (Lipinski definition) is 1. The normalized spacial score (nSPS) is 21.4. The van der Waals surface area contributed by atoms with Crippen molar-refractivity contribution in [3.8, 4) is 0 Å². The summed E-state index contributed by atoms with van der Waals surface area (Å²) >= 11 is 0.838. The standard InChI is InChI=1S/C21H22N2O5S/c24-18(22-13-5-4-10-16(22)20(26)27)12-14-23-19(25)17(29-21(23)28)11-6-9-15-7-2-1-3-8-15/h1-3,6-9,11,16H,4-5,10,12-14H2,(H,26,27). The van der Waals surface area contributed by atoms with Crippen molar-refractivity contribution in [2.45, 2.75) is 31.7 Å². The van der Waals surface area contributed by atoms with Crippen LogP contribution in [0.15, 0.2) is 47.4 Å². The summed E-state index contributed by atoms with van der Waals surface area (Å²) in [6.07, 6.45) is 7.01. The Morgan fingerprint density at radius 3 is 2.66 bits per heavy atom. The molecule has 2 fully saturated rings. The third-order valence-corrected chi connectivity index (χ3v) is 5.79. The second-order valence-electron chi connectivity index (χ2n) is 6.81. The van der Waals surface area contributed by atoms with E-state index in [9.17, 15) is 24.3 Å². The van der Waals surface area contributed by atoms with Crippen LogP contribution in [0.4, 0.5) is 4.79 Å². The molecule has 7 nitrogen and oxygen atoms in total. The van der Waals surface area contributed by atoms with E-state index in [1.165, 1.54) is 4.90 Å². The number of allylic oxidation sites excluding steroid dienone is 2. The lowest BCUT2D eigenvalue weighted by Crippen LogP contribution is -2.48. The van der Waals surface area contributed by atoms with Crippen LogP contribution >= 0.6 is 11.8 Å². The van der Waals surface area contributed by atoms with Gasteiger partial charge in [0.25, 0.3) is 11.1 Å². The number of benzene rings is 1. The number of carboxylic acid groups (broad SMARTS) is 1. The number of carboxylic acids is 1. The third kappa shape index (κ3) is 5.14. The Hall–Kier alpha value is -2.87. The first-order valence-corrected chi connectivity index (χ1v) is 10.3. The van der Waals surface area contributed by atoms with Gasteiger partial charge in [0.15, 0.2) is 0 Å². The van der Waals surface area contributed by atoms with Gasteiger partial charge >= 0.3 is 5.97 Å². The Morgan fingerprint density at radius 2 is 1.93 bits per heavy atom. The predicted octanol–water partition coefficient (Wildman–Crippen LogP) is 3.13. The number of amides is 3. The highest BCUT2D eigenvalue weighted by atomic mass is 32.2. The second kappa shape index (κ2) is 9.56. The number of nitrogens with zero attached hydrogens (tertiary/aromatic N) is 2. The highest BCUT2D eigenvalue weighted by molar-refractivity contribution is 8.18. The maximum Gasteiger partial charge on any atom is 0.326 e. The molecule has 2 saturated heterocycles. The molecule has 2 aliphatic rings. The minimum absolute atomic E-state index is 0.0495. The molecule has 3 amide bonds. The van der Waals surface area contributed by atoms with Crippen molar-refractivity contribution in [3.63, 3.8) is 0 Å². The molecule has 0 saturated carbocycles. The zero-order chi connectivity index (χ0) is 20.8. The molecule has 1 atom stereocenters. The van der Waals surface area contributed by atoms with Gasteiger partial charge in [-0.15, -0.1) is 0 Å². The fourth-order valence-corrected chi connectivity index (χ4v) is 4.17. The van der Waals surface area contributed by atoms with Crippen LogP contribution in [0.5, 0.6) is 0 Å². The Balaban J connectivity index is 1.58. The van der Waals surface area contributed by atoms with Crippen LogP contribution in [0.25, 0.3) is 6.08 Å². The lowest BCUT2D eigenvalue weighted by molar-refractivity contribution is -0.152. The molecule has 29 heavy (non-hydrogen) atoms. The molecule has 152 valence electrons. The number of thioether (sulfide) groups is 1. The summed E-state index contributed by atoms with van der Waals surface area (Å²) in [5.74, 6) is -1.79. The molecule has 2 heterocycles. The van der Waals surface area contributed by atoms with Crippen molar-refractivity contribution in [2.24, 2.45) is 0 Å². The first-order chi connectivity index (χ1) is 14.0. The molecule has 1 aromatic rings. The molecular formula is C21H22N2O5S. The van der Waals surface area contributed by atoms with Crippen molar-refractivity contribution < 1.29 is 24.3 Å². The number of imide groups is 1. The SMILES string of the molecule is O=C(O)C1CCCCN1C(=O)CCN1C(=O)SC(=CC=Cc2ccccc2)C1=O. The van der Waals surface area contributed by atoms with Gasteiger partial charge in [0, 0.05) is 19.5 Å². The van der Waals surface area contributed by atoms with E-state index in [0.29, 0.717) is 17.9 Å². The van der Waals surface area contributed by atoms with Gasteiger partial charge in [0.05, 0.1) is 4.91 Å². The minimum atomic E-state index is -1.02. The summed E-state index contributed by atoms with van der Waals surface area (Å²) in [4.78, 5) is 51.2. The van der Waals surface area contributed by atoms with E-state index in [0.717, 1.165) is 35.1 Å². The average molecular weight is 414 g/mol. The van der Waals surface area contributed by atoms with Crippen LogP contribution in [0.1, 0.15) is 31.2 Å². The lowest BCUT2D eigenvalue weighted by Gasteiger charge is -2.33. The van der Waals surface area contributed by atoms with Gasteiger partial charge in [-0.2, -0.15) is 0 Å². The molecule has 0 radical (unpaired) electrons. The number of rotatable bonds is 6. The second-order valence-corrected chi connectivity index (χ2v) is 7.81. The number of aliphatic carboxylic acids is 1. The van der Waals surface area contributed by atoms with E-state index in [1.54, 1.807) is 12.2 Å². The third-order valence-electron chi connectivity index (χ3n) is 4.87. The van der Waals surface area contributed by atoms with Crippen LogP contribution in [0.2, 0.25) is 0 Å². The van der Waals surface area contributed by atoms with Crippen molar-refractivity contribution in [3.05, 3.63) is 53.0 Å². The zero-order valence-electron chi connectivity index (χ0n) is 15.8. The molecule has 8 heteroatoms. The number of likely N-dealkylation sites (tertiary alicyclic amines) is 1. The predicted molar refractivity (Wildman–Crippen MR) is 110 cm³/mol. The highest BCUT2D eigenvalue weighted by Gasteiger charge is 2.36. The summed E-state index contributed by atoms with van der Waals surface area (Å²) in [6.45, 7) is 0.341. The van der Waals surface area contributed by atoms with Gasteiger partial charge in [-0.25, -0.2) is 4.79 Å². The molecule has 0 bridgehead atoms. The fourth-order valence-electron chi connectivity index (χ4n) is 3.36. The first-order valence-electron chi connectivity index (χ1n) is 9.47. The van der Waals surface area contributed by atoms with Crippen LogP contribution in [0.3, 0.4) is 0 Å². The molecule has 2 aliphatic heterocycles. The van der Waals surface area contributed by atoms with Crippen LogP contribution in [-0.2, 0) is 14.4 Å². The fraction of sp³-hybridized carbons (Fsp3) is 0.333. The van der Waals surface area contributed by atoms with Crippen LogP contribution in [0, 0.1) is 0 Å². The van der Waals surface area contributed by atoms with Gasteiger partial charge < -0.3 is 10.0 Å². The van der Waals surface area contributed by atoms with Gasteiger partial charge in [-0.3, -0.25) is 19.3 Å². The molecule has 0 aromatic heterocycles. The van der Waals surface area contributed by atoms with Gasteiger partial charge in [0.1, 0.15) is 6.04 Å². The van der Waals surface area contributed by atoms with E-state index < -0.39 is 23.2 Å². The van der Waals surface area contributed by atoms with E-state index in [1.807, 2.05) is 36.4 Å². The molecule has 0 aliphatic carbocycles. The van der Waals surface area contributed by atoms with Crippen LogP contribution in [-0.4, -0.2) is 57.1 Å². The van der Waals surface area contributed by atoms with Crippen molar-refractivity contribution in [1.82, 2.24) is 9.80 Å². The summed E-state index contributed by atoms with van der Waals surface area (Å²) in [6, 6.07) is 8.74. The topological polar surface area (TPSA) is 95.0 Å². The van der Waals surface area contributed by atoms with E-state index in [2.05, 4.69) is 0 Å². The van der Waals surface area contributed by atoms with E-state index >= 15 is 0 Å². The van der Waals surface area contributed by atoms with Gasteiger partial charge in [0.2, 0.25) is 5.91 Å². The Kier molecular flexibility index (Phi) is 6.87. The van der Waals surface area contributed by atoms with Crippen LogP contribution < -0.4 is 0 Å². The summed E-state index contributed by atoms with van der Waals surface area (Å²) in [7, 11) is 0. The van der Waals surface area contributed by atoms with Gasteiger partial charge in [-0.05, 0) is 42.7 Å². The molecular weight excluding hydrogens is 392 g/mol. The lowest BCUT2D eigenvalue weighted by atomic mass is 10.0. The Bertz CT molecular complexity index is 865. The highest BCUT2D eigenvalue weighted by Crippen LogP contribution is 2.31. The first kappa shape index (κ1) is 20.9. The number of piperidine rings is 1. The Labute approximate surface area is 173 Å². The summed E-state index contributed by atoms with van der Waals surface area (Å²) in [5, 5.41) is 8.87. The zero-order valence-corrected chi connectivity index (χ0v) is 16.6. The summed E-state index contributed by atoms with van der Waals surface area (Å²) < 4.78 is 0. The van der Waals surface area contributed by atoms with Gasteiger partial charge in [-0.1, -0.05) is 42.5 Å². The molecule has 1 aromatic carbocycles. The molecule has 1 unspecified atom stereocenters. The van der Waals surface area contributed by atoms with Crippen molar-refractivity contribution in [1.29, 1.82) is 0 Å². The Morgan fingerprint density at radius 1 is 1.17 bits per heavy atom. The van der Waals surface area contributed by atoms with E-state index in [-0.39, 0.29) is 18.9 Å². The maximum atomic E-state index is 12.5. The largest absolute Gasteiger partial charge is 0.480 e. The average Bonchev–Trinajstić information content (AvgIpc) is 2.99. The molecule has 1 N–H and O–H groups in total. The molecule has 3 rings (SSSR count). The number of carbonyl (C=O) groups is 4. The number of carbonyl (C=O) groups excluding carboxylic acids is 3. The smallest absolute Gasteiger partial charge is 0.326 e. The monoisotopic (exact) mass is 414 g/mol.